The molecule has 2 unspecified atom stereocenters. The molecule has 1 aliphatic rings. The van der Waals surface area contributed by atoms with Gasteiger partial charge in [0.25, 0.3) is 0 Å². The summed E-state index contributed by atoms with van der Waals surface area (Å²) in [7, 11) is -3.37. The predicted octanol–water partition coefficient (Wildman–Crippen LogP) is 0.366. The quantitative estimate of drug-likeness (QED) is 0.720. The van der Waals surface area contributed by atoms with Crippen LogP contribution in [0.4, 0.5) is 0 Å². The van der Waals surface area contributed by atoms with Crippen LogP contribution in [0.25, 0.3) is 0 Å². The van der Waals surface area contributed by atoms with Crippen molar-refractivity contribution in [2.75, 3.05) is 6.54 Å². The van der Waals surface area contributed by atoms with Gasteiger partial charge in [0.05, 0.1) is 10.6 Å². The van der Waals surface area contributed by atoms with E-state index in [0.29, 0.717) is 11.4 Å². The first-order valence-electron chi connectivity index (χ1n) is 4.31. The molecule has 2 rings (SSSR count). The van der Waals surface area contributed by atoms with Crippen LogP contribution in [0.5, 0.6) is 0 Å². The van der Waals surface area contributed by atoms with Gasteiger partial charge in [-0.3, -0.25) is 0 Å². The zero-order valence-corrected chi connectivity index (χ0v) is 8.66. The molecule has 1 heterocycles. The summed E-state index contributed by atoms with van der Waals surface area (Å²) in [5.74, 6) is 0. The molecule has 2 atom stereocenters. The van der Waals surface area contributed by atoms with Gasteiger partial charge < -0.3 is 5.73 Å². The summed E-state index contributed by atoms with van der Waals surface area (Å²) >= 11 is 0. The minimum absolute atomic E-state index is 0.300. The maximum atomic E-state index is 11.9. The standard InChI is InChI=1S/C9H12N2O2S/c1-9(10)7-11(9)14(12,13)8-5-3-2-4-6-8/h2-6H,7,10H2,1H3. The van der Waals surface area contributed by atoms with E-state index >= 15 is 0 Å². The topological polar surface area (TPSA) is 63.2 Å². The zero-order chi connectivity index (χ0) is 10.4. The van der Waals surface area contributed by atoms with Gasteiger partial charge in [-0.2, -0.15) is 4.31 Å². The lowest BCUT2D eigenvalue weighted by molar-refractivity contribution is 0.522. The fraction of sp³-hybridized carbons (Fsp3) is 0.333. The highest BCUT2D eigenvalue weighted by Gasteiger charge is 2.52. The molecule has 1 fully saturated rings. The van der Waals surface area contributed by atoms with Crippen molar-refractivity contribution in [1.82, 2.24) is 4.31 Å². The van der Waals surface area contributed by atoms with E-state index in [9.17, 15) is 8.42 Å². The molecule has 1 aromatic carbocycles. The van der Waals surface area contributed by atoms with Crippen LogP contribution < -0.4 is 5.73 Å². The van der Waals surface area contributed by atoms with Crippen LogP contribution in [0.1, 0.15) is 6.92 Å². The van der Waals surface area contributed by atoms with Crippen molar-refractivity contribution in [3.63, 3.8) is 0 Å². The number of nitrogens with two attached hydrogens (primary N) is 1. The summed E-state index contributed by atoms with van der Waals surface area (Å²) in [5.41, 5.74) is 4.98. The Balaban J connectivity index is 2.37. The smallest absolute Gasteiger partial charge is 0.244 e. The van der Waals surface area contributed by atoms with E-state index in [1.807, 2.05) is 0 Å². The van der Waals surface area contributed by atoms with Crippen LogP contribution in [0.3, 0.4) is 0 Å². The third-order valence-electron chi connectivity index (χ3n) is 2.26. The molecular weight excluding hydrogens is 200 g/mol. The van der Waals surface area contributed by atoms with E-state index in [2.05, 4.69) is 0 Å². The molecule has 1 saturated heterocycles. The third-order valence-corrected chi connectivity index (χ3v) is 4.26. The van der Waals surface area contributed by atoms with Crippen molar-refractivity contribution in [3.05, 3.63) is 30.3 Å². The van der Waals surface area contributed by atoms with Gasteiger partial charge >= 0.3 is 0 Å². The van der Waals surface area contributed by atoms with Crippen LogP contribution >= 0.6 is 0 Å². The first kappa shape index (κ1) is 9.64. The van der Waals surface area contributed by atoms with E-state index in [4.69, 9.17) is 5.73 Å². The summed E-state index contributed by atoms with van der Waals surface area (Å²) in [6.07, 6.45) is 0. The highest BCUT2D eigenvalue weighted by Crippen LogP contribution is 2.33. The van der Waals surface area contributed by atoms with Crippen molar-refractivity contribution in [3.8, 4) is 0 Å². The maximum Gasteiger partial charge on any atom is 0.244 e. The highest BCUT2D eigenvalue weighted by molar-refractivity contribution is 7.89. The minimum atomic E-state index is -3.37. The number of hydrogen-bond acceptors (Lipinski definition) is 3. The summed E-state index contributed by atoms with van der Waals surface area (Å²) in [6, 6.07) is 8.32. The van der Waals surface area contributed by atoms with Crippen LogP contribution in [0, 0.1) is 0 Å². The van der Waals surface area contributed by atoms with Gasteiger partial charge in [-0.25, -0.2) is 8.42 Å². The Morgan fingerprint density at radius 1 is 1.36 bits per heavy atom. The molecule has 76 valence electrons. The van der Waals surface area contributed by atoms with E-state index in [-0.39, 0.29) is 0 Å². The van der Waals surface area contributed by atoms with Crippen LogP contribution in [0.2, 0.25) is 0 Å². The SMILES string of the molecule is CC1(N)CN1S(=O)(=O)c1ccccc1. The second-order valence-electron chi connectivity index (χ2n) is 3.68. The number of sulfonamides is 1. The lowest BCUT2D eigenvalue weighted by atomic mass is 10.4. The van der Waals surface area contributed by atoms with Crippen molar-refractivity contribution in [2.24, 2.45) is 5.73 Å². The molecule has 1 aliphatic heterocycles. The average Bonchev–Trinajstić information content (AvgIpc) is 2.78. The fourth-order valence-electron chi connectivity index (χ4n) is 1.33. The molecule has 0 bridgehead atoms. The highest BCUT2D eigenvalue weighted by atomic mass is 32.2. The van der Waals surface area contributed by atoms with Gasteiger partial charge in [-0.1, -0.05) is 18.2 Å². The van der Waals surface area contributed by atoms with Crippen LogP contribution in [0.15, 0.2) is 35.2 Å². The Labute approximate surface area is 83.4 Å². The second kappa shape index (κ2) is 2.79. The van der Waals surface area contributed by atoms with Crippen molar-refractivity contribution >= 4 is 10.0 Å². The van der Waals surface area contributed by atoms with Gasteiger partial charge in [-0.05, 0) is 19.1 Å². The van der Waals surface area contributed by atoms with E-state index < -0.39 is 15.7 Å². The van der Waals surface area contributed by atoms with Gasteiger partial charge in [-0.15, -0.1) is 0 Å². The zero-order valence-electron chi connectivity index (χ0n) is 7.84. The van der Waals surface area contributed by atoms with Gasteiger partial charge in [0.2, 0.25) is 10.0 Å². The van der Waals surface area contributed by atoms with E-state index in [1.54, 1.807) is 37.3 Å². The molecule has 0 saturated carbocycles. The summed E-state index contributed by atoms with van der Waals surface area (Å²) in [4.78, 5) is 0.300. The lowest BCUT2D eigenvalue weighted by Crippen LogP contribution is -2.29. The Morgan fingerprint density at radius 2 is 1.86 bits per heavy atom. The van der Waals surface area contributed by atoms with E-state index in [1.165, 1.54) is 4.31 Å². The van der Waals surface area contributed by atoms with Gasteiger partial charge in [0.1, 0.15) is 0 Å². The van der Waals surface area contributed by atoms with Crippen molar-refractivity contribution in [1.29, 1.82) is 0 Å². The molecule has 0 aromatic heterocycles. The maximum absolute atomic E-state index is 11.9. The van der Waals surface area contributed by atoms with Crippen LogP contribution in [-0.2, 0) is 10.0 Å². The molecule has 0 amide bonds. The number of benzene rings is 1. The Morgan fingerprint density at radius 3 is 2.29 bits per heavy atom. The average molecular weight is 212 g/mol. The molecule has 2 N–H and O–H groups in total. The molecule has 0 spiro atoms. The first-order chi connectivity index (χ1) is 6.44. The number of nitrogens with zero attached hydrogens (tertiary/aromatic N) is 1. The van der Waals surface area contributed by atoms with Crippen molar-refractivity contribution in [2.45, 2.75) is 17.5 Å². The van der Waals surface area contributed by atoms with Gasteiger partial charge in [0.15, 0.2) is 0 Å². The molecule has 0 radical (unpaired) electrons. The Bertz CT molecular complexity index is 439. The van der Waals surface area contributed by atoms with Gasteiger partial charge in [0, 0.05) is 6.54 Å². The molecule has 0 aliphatic carbocycles. The minimum Gasteiger partial charge on any atom is -0.311 e. The van der Waals surface area contributed by atoms with E-state index in [0.717, 1.165) is 0 Å². The molecular formula is C9H12N2O2S. The summed E-state index contributed by atoms with van der Waals surface area (Å²) in [5, 5.41) is 0. The molecule has 14 heavy (non-hydrogen) atoms. The monoisotopic (exact) mass is 212 g/mol. The lowest BCUT2D eigenvalue weighted by Gasteiger charge is -2.07. The first-order valence-corrected chi connectivity index (χ1v) is 5.75. The van der Waals surface area contributed by atoms with Crippen molar-refractivity contribution < 1.29 is 8.42 Å². The second-order valence-corrected chi connectivity index (χ2v) is 5.54. The molecule has 1 aromatic rings. The normalized spacial score (nSPS) is 31.4. The number of rotatable bonds is 2. The Kier molecular flexibility index (Phi) is 1.92. The fourth-order valence-corrected chi connectivity index (χ4v) is 3.07. The Hall–Kier alpha value is -0.910. The van der Waals surface area contributed by atoms with Crippen LogP contribution in [-0.4, -0.2) is 24.9 Å². The summed E-state index contributed by atoms with van der Waals surface area (Å²) in [6.45, 7) is 2.09. The third kappa shape index (κ3) is 1.43. The predicted molar refractivity (Wildman–Crippen MR) is 52.9 cm³/mol. The largest absolute Gasteiger partial charge is 0.311 e. The molecule has 5 heteroatoms. The number of hydrogen-bond donors (Lipinski definition) is 1. The summed E-state index contributed by atoms with van der Waals surface area (Å²) < 4.78 is 25.0. The molecule has 4 nitrogen and oxygen atoms in total.